The summed E-state index contributed by atoms with van der Waals surface area (Å²) in [4.78, 5) is 11.9. The molecule has 1 amide bonds. The first-order chi connectivity index (χ1) is 11.7. The molecule has 1 fully saturated rings. The Morgan fingerprint density at radius 1 is 1.17 bits per heavy atom. The molecule has 24 heavy (non-hydrogen) atoms. The van der Waals surface area contributed by atoms with E-state index in [2.05, 4.69) is 41.8 Å². The molecular formula is C20H24N2O2. The zero-order valence-electron chi connectivity index (χ0n) is 14.0. The Hall–Kier alpha value is -2.33. The predicted octanol–water partition coefficient (Wildman–Crippen LogP) is 4.08. The zero-order valence-corrected chi connectivity index (χ0v) is 14.0. The number of nitrogens with one attached hydrogen (secondary N) is 2. The number of ether oxygens (including phenoxy) is 1. The standard InChI is InChI=1S/C20H24N2O2/c1-15-7-9-16(10-8-15)17-11-12-21-19(13-17)14-24-20(23)22-18-5-3-2-4-6-18/h2-10,17,19,21H,11-14H2,1H3,(H,22,23)/t17-,19+/m1/s1. The molecule has 0 unspecified atom stereocenters. The minimum atomic E-state index is -0.402. The quantitative estimate of drug-likeness (QED) is 0.891. The number of benzene rings is 2. The van der Waals surface area contributed by atoms with Crippen LogP contribution in [0.5, 0.6) is 0 Å². The van der Waals surface area contributed by atoms with Gasteiger partial charge in [0.05, 0.1) is 0 Å². The van der Waals surface area contributed by atoms with Crippen LogP contribution in [0, 0.1) is 6.92 Å². The SMILES string of the molecule is Cc1ccc([C@@H]2CCN[C@H](COC(=O)Nc3ccccc3)C2)cc1. The van der Waals surface area contributed by atoms with Gasteiger partial charge in [-0.25, -0.2) is 4.79 Å². The van der Waals surface area contributed by atoms with Gasteiger partial charge in [0.2, 0.25) is 0 Å². The van der Waals surface area contributed by atoms with Crippen LogP contribution < -0.4 is 10.6 Å². The number of hydrogen-bond donors (Lipinski definition) is 2. The monoisotopic (exact) mass is 324 g/mol. The number of carbonyl (C=O) groups is 1. The molecule has 1 aliphatic rings. The highest BCUT2D eigenvalue weighted by Crippen LogP contribution is 2.28. The Kier molecular flexibility index (Phi) is 5.49. The minimum Gasteiger partial charge on any atom is -0.448 e. The fourth-order valence-corrected chi connectivity index (χ4v) is 3.13. The number of para-hydroxylation sites is 1. The summed E-state index contributed by atoms with van der Waals surface area (Å²) >= 11 is 0. The fraction of sp³-hybridized carbons (Fsp3) is 0.350. The number of carbonyl (C=O) groups excluding carboxylic acids is 1. The molecule has 1 saturated heterocycles. The molecule has 2 N–H and O–H groups in total. The summed E-state index contributed by atoms with van der Waals surface area (Å²) in [7, 11) is 0. The number of anilines is 1. The summed E-state index contributed by atoms with van der Waals surface area (Å²) in [5.74, 6) is 0.526. The highest BCUT2D eigenvalue weighted by Gasteiger charge is 2.23. The Bertz CT molecular complexity index is 655. The van der Waals surface area contributed by atoms with Gasteiger partial charge in [0.25, 0.3) is 0 Å². The fourth-order valence-electron chi connectivity index (χ4n) is 3.13. The van der Waals surface area contributed by atoms with E-state index in [1.165, 1.54) is 11.1 Å². The maximum absolute atomic E-state index is 11.9. The van der Waals surface area contributed by atoms with Crippen molar-refractivity contribution in [3.63, 3.8) is 0 Å². The van der Waals surface area contributed by atoms with Crippen molar-refractivity contribution in [3.05, 3.63) is 65.7 Å². The highest BCUT2D eigenvalue weighted by atomic mass is 16.5. The van der Waals surface area contributed by atoms with Crippen LogP contribution >= 0.6 is 0 Å². The molecule has 0 aromatic heterocycles. The lowest BCUT2D eigenvalue weighted by atomic mass is 9.86. The normalized spacial score (nSPS) is 20.4. The van der Waals surface area contributed by atoms with E-state index in [-0.39, 0.29) is 6.04 Å². The zero-order chi connectivity index (χ0) is 16.8. The van der Waals surface area contributed by atoms with Gasteiger partial charge in [0.1, 0.15) is 6.61 Å². The van der Waals surface area contributed by atoms with E-state index in [0.717, 1.165) is 25.1 Å². The number of rotatable bonds is 4. The van der Waals surface area contributed by atoms with Crippen molar-refractivity contribution < 1.29 is 9.53 Å². The van der Waals surface area contributed by atoms with Crippen LogP contribution in [-0.4, -0.2) is 25.3 Å². The van der Waals surface area contributed by atoms with Crippen LogP contribution in [0.2, 0.25) is 0 Å². The summed E-state index contributed by atoms with van der Waals surface area (Å²) in [6.07, 6.45) is 1.71. The van der Waals surface area contributed by atoms with E-state index in [1.807, 2.05) is 30.3 Å². The van der Waals surface area contributed by atoms with Crippen molar-refractivity contribution in [1.29, 1.82) is 0 Å². The topological polar surface area (TPSA) is 50.4 Å². The van der Waals surface area contributed by atoms with Crippen molar-refractivity contribution in [1.82, 2.24) is 5.32 Å². The summed E-state index contributed by atoms with van der Waals surface area (Å²) in [5.41, 5.74) is 3.41. The summed E-state index contributed by atoms with van der Waals surface area (Å²) in [6, 6.07) is 18.3. The molecule has 2 aromatic rings. The number of amides is 1. The Morgan fingerprint density at radius 3 is 2.67 bits per heavy atom. The molecule has 4 heteroatoms. The molecule has 0 spiro atoms. The van der Waals surface area contributed by atoms with Crippen molar-refractivity contribution in [2.24, 2.45) is 0 Å². The molecular weight excluding hydrogens is 300 g/mol. The third kappa shape index (κ3) is 4.59. The van der Waals surface area contributed by atoms with Crippen LogP contribution in [0.15, 0.2) is 54.6 Å². The van der Waals surface area contributed by atoms with Crippen molar-refractivity contribution in [2.45, 2.75) is 31.7 Å². The van der Waals surface area contributed by atoms with Crippen LogP contribution in [0.25, 0.3) is 0 Å². The Morgan fingerprint density at radius 2 is 1.92 bits per heavy atom. The molecule has 0 radical (unpaired) electrons. The van der Waals surface area contributed by atoms with Crippen LogP contribution in [0.1, 0.15) is 29.9 Å². The Balaban J connectivity index is 1.48. The van der Waals surface area contributed by atoms with Gasteiger partial charge in [-0.15, -0.1) is 0 Å². The average molecular weight is 324 g/mol. The van der Waals surface area contributed by atoms with Gasteiger partial charge < -0.3 is 10.1 Å². The molecule has 126 valence electrons. The lowest BCUT2D eigenvalue weighted by molar-refractivity contribution is 0.139. The van der Waals surface area contributed by atoms with E-state index in [4.69, 9.17) is 4.74 Å². The van der Waals surface area contributed by atoms with Gasteiger partial charge in [0.15, 0.2) is 0 Å². The smallest absolute Gasteiger partial charge is 0.411 e. The third-order valence-electron chi connectivity index (χ3n) is 4.48. The molecule has 1 heterocycles. The highest BCUT2D eigenvalue weighted by molar-refractivity contribution is 5.84. The Labute approximate surface area is 143 Å². The summed E-state index contributed by atoms with van der Waals surface area (Å²) in [5, 5.41) is 6.19. The summed E-state index contributed by atoms with van der Waals surface area (Å²) in [6.45, 7) is 3.45. The van der Waals surface area contributed by atoms with Crippen LogP contribution in [0.4, 0.5) is 10.5 Å². The van der Waals surface area contributed by atoms with E-state index < -0.39 is 6.09 Å². The van der Waals surface area contributed by atoms with Gasteiger partial charge in [-0.1, -0.05) is 48.0 Å². The van der Waals surface area contributed by atoms with Gasteiger partial charge in [-0.05, 0) is 49.9 Å². The predicted molar refractivity (Wildman–Crippen MR) is 96.4 cm³/mol. The molecule has 4 nitrogen and oxygen atoms in total. The van der Waals surface area contributed by atoms with Crippen LogP contribution in [-0.2, 0) is 4.74 Å². The van der Waals surface area contributed by atoms with E-state index >= 15 is 0 Å². The molecule has 0 saturated carbocycles. The second-order valence-electron chi connectivity index (χ2n) is 6.37. The minimum absolute atomic E-state index is 0.201. The molecule has 2 atom stereocenters. The number of piperidine rings is 1. The van der Waals surface area contributed by atoms with Crippen LogP contribution in [0.3, 0.4) is 0 Å². The van der Waals surface area contributed by atoms with Crippen molar-refractivity contribution in [2.75, 3.05) is 18.5 Å². The van der Waals surface area contributed by atoms with E-state index in [9.17, 15) is 4.79 Å². The second kappa shape index (κ2) is 7.97. The number of hydrogen-bond acceptors (Lipinski definition) is 3. The summed E-state index contributed by atoms with van der Waals surface area (Å²) < 4.78 is 5.38. The maximum Gasteiger partial charge on any atom is 0.411 e. The van der Waals surface area contributed by atoms with E-state index in [0.29, 0.717) is 12.5 Å². The lowest BCUT2D eigenvalue weighted by Gasteiger charge is -2.30. The van der Waals surface area contributed by atoms with Gasteiger partial charge in [0, 0.05) is 11.7 Å². The van der Waals surface area contributed by atoms with Gasteiger partial charge in [-0.2, -0.15) is 0 Å². The van der Waals surface area contributed by atoms with Gasteiger partial charge >= 0.3 is 6.09 Å². The molecule has 0 aliphatic carbocycles. The largest absolute Gasteiger partial charge is 0.448 e. The number of aryl methyl sites for hydroxylation is 1. The molecule has 2 aromatic carbocycles. The first-order valence-corrected chi connectivity index (χ1v) is 8.49. The lowest BCUT2D eigenvalue weighted by Crippen LogP contribution is -2.41. The molecule has 0 bridgehead atoms. The van der Waals surface area contributed by atoms with E-state index in [1.54, 1.807) is 0 Å². The first-order valence-electron chi connectivity index (χ1n) is 8.49. The second-order valence-corrected chi connectivity index (χ2v) is 6.37. The van der Waals surface area contributed by atoms with Crippen molar-refractivity contribution in [3.8, 4) is 0 Å². The average Bonchev–Trinajstić information content (AvgIpc) is 2.62. The molecule has 3 rings (SSSR count). The first kappa shape index (κ1) is 16.5. The van der Waals surface area contributed by atoms with Gasteiger partial charge in [-0.3, -0.25) is 5.32 Å². The third-order valence-corrected chi connectivity index (χ3v) is 4.48. The maximum atomic E-state index is 11.9. The van der Waals surface area contributed by atoms with Crippen molar-refractivity contribution >= 4 is 11.8 Å². The molecule has 1 aliphatic heterocycles.